The lowest BCUT2D eigenvalue weighted by atomic mass is 9.97. The first-order valence-corrected chi connectivity index (χ1v) is 9.95. The monoisotopic (exact) mass is 340 g/mol. The zero-order valence-electron chi connectivity index (χ0n) is 13.7. The van der Waals surface area contributed by atoms with Crippen molar-refractivity contribution in [3.8, 4) is 0 Å². The van der Waals surface area contributed by atoms with E-state index in [0.29, 0.717) is 25.7 Å². The summed E-state index contributed by atoms with van der Waals surface area (Å²) in [7, 11) is -1.10. The van der Waals surface area contributed by atoms with Crippen LogP contribution < -0.4 is 5.32 Å². The normalized spacial score (nSPS) is 21.9. The van der Waals surface area contributed by atoms with E-state index in [-0.39, 0.29) is 23.3 Å². The van der Waals surface area contributed by atoms with Crippen LogP contribution in [0.2, 0.25) is 0 Å². The summed E-state index contributed by atoms with van der Waals surface area (Å²) in [6, 6.07) is 0.315. The molecule has 0 bridgehead atoms. The number of fused-ring (bicyclic) bond motifs is 1. The number of carbonyl (C=O) groups is 1. The molecule has 1 unspecified atom stereocenters. The Kier molecular flexibility index (Phi) is 4.46. The molecule has 8 heteroatoms. The Morgan fingerprint density at radius 2 is 2.17 bits per heavy atom. The van der Waals surface area contributed by atoms with Gasteiger partial charge in [-0.05, 0) is 12.8 Å². The molecule has 7 nitrogen and oxygen atoms in total. The fraction of sp³-hybridized carbons (Fsp3) is 0.733. The van der Waals surface area contributed by atoms with Gasteiger partial charge in [0, 0.05) is 38.5 Å². The van der Waals surface area contributed by atoms with E-state index >= 15 is 0 Å². The van der Waals surface area contributed by atoms with E-state index in [1.165, 1.54) is 0 Å². The van der Waals surface area contributed by atoms with Gasteiger partial charge < -0.3 is 9.88 Å². The Bertz CT molecular complexity index is 694. The molecule has 1 aromatic heterocycles. The first kappa shape index (κ1) is 16.4. The molecule has 1 aliphatic carbocycles. The molecule has 128 valence electrons. The van der Waals surface area contributed by atoms with Gasteiger partial charge >= 0.3 is 0 Å². The van der Waals surface area contributed by atoms with E-state index in [9.17, 15) is 13.2 Å². The maximum atomic E-state index is 12.6. The van der Waals surface area contributed by atoms with Crippen molar-refractivity contribution in [1.82, 2.24) is 19.8 Å². The first-order chi connectivity index (χ1) is 10.9. The summed E-state index contributed by atoms with van der Waals surface area (Å²) in [5, 5.41) is 3.06. The molecule has 0 spiro atoms. The fourth-order valence-electron chi connectivity index (χ4n) is 3.00. The third-order valence-corrected chi connectivity index (χ3v) is 6.29. The Morgan fingerprint density at radius 1 is 1.43 bits per heavy atom. The van der Waals surface area contributed by atoms with Gasteiger partial charge in [-0.2, -0.15) is 0 Å². The van der Waals surface area contributed by atoms with Crippen molar-refractivity contribution < 1.29 is 13.2 Å². The van der Waals surface area contributed by atoms with Gasteiger partial charge in [0.05, 0.1) is 29.4 Å². The number of sulfone groups is 1. The smallest absolute Gasteiger partial charge is 0.230 e. The number of aromatic nitrogens is 2. The number of hydrogen-bond donors (Lipinski definition) is 1. The Morgan fingerprint density at radius 3 is 2.83 bits per heavy atom. The molecular formula is C15H24N4O3S. The van der Waals surface area contributed by atoms with Crippen molar-refractivity contribution in [1.29, 1.82) is 0 Å². The minimum atomic E-state index is -3.01. The molecule has 1 aliphatic heterocycles. The van der Waals surface area contributed by atoms with Crippen LogP contribution in [-0.2, 0) is 28.2 Å². The van der Waals surface area contributed by atoms with Gasteiger partial charge in [-0.15, -0.1) is 0 Å². The molecule has 0 radical (unpaired) electrons. The number of nitrogens with one attached hydrogen (secondary N) is 1. The number of nitrogens with zero attached hydrogens (tertiary/aromatic N) is 3. The number of rotatable bonds is 6. The second-order valence-electron chi connectivity index (χ2n) is 6.49. The largest absolute Gasteiger partial charge is 0.353 e. The number of amides is 1. The van der Waals surface area contributed by atoms with E-state index in [1.807, 2.05) is 16.5 Å². The highest BCUT2D eigenvalue weighted by Gasteiger charge is 2.36. The highest BCUT2D eigenvalue weighted by Crippen LogP contribution is 2.29. The van der Waals surface area contributed by atoms with Crippen LogP contribution in [0.25, 0.3) is 0 Å². The van der Waals surface area contributed by atoms with Gasteiger partial charge in [-0.1, -0.05) is 6.92 Å². The van der Waals surface area contributed by atoms with Crippen molar-refractivity contribution in [3.63, 3.8) is 0 Å². The average Bonchev–Trinajstić information content (AvgIpc) is 3.26. The molecular weight excluding hydrogens is 316 g/mol. The Balaban J connectivity index is 1.75. The summed E-state index contributed by atoms with van der Waals surface area (Å²) in [5.41, 5.74) is 1.83. The second-order valence-corrected chi connectivity index (χ2v) is 8.97. The number of carbonyl (C=O) groups excluding carboxylic acids is 1. The first-order valence-electron chi connectivity index (χ1n) is 8.13. The number of imidazole rings is 1. The standard InChI is InChI=1S/C15H24N4O3S/c1-3-23(21,22)7-6-19-8-12(15(20)17-11-4-5-11)14-13(9-19)16-10-18(14)2/h10-12H,3-9H2,1-2H3,(H,17,20). The summed E-state index contributed by atoms with van der Waals surface area (Å²) >= 11 is 0. The lowest BCUT2D eigenvalue weighted by Crippen LogP contribution is -2.44. The molecule has 2 aliphatic rings. The van der Waals surface area contributed by atoms with Gasteiger partial charge in [0.1, 0.15) is 0 Å². The molecule has 1 amide bonds. The van der Waals surface area contributed by atoms with Crippen LogP contribution in [0.15, 0.2) is 6.33 Å². The molecule has 2 heterocycles. The van der Waals surface area contributed by atoms with Crippen LogP contribution in [0.5, 0.6) is 0 Å². The van der Waals surface area contributed by atoms with Crippen LogP contribution >= 0.6 is 0 Å². The average molecular weight is 340 g/mol. The zero-order valence-corrected chi connectivity index (χ0v) is 14.5. The van der Waals surface area contributed by atoms with Gasteiger partial charge in [-0.25, -0.2) is 13.4 Å². The molecule has 1 fully saturated rings. The number of hydrogen-bond acceptors (Lipinski definition) is 5. The van der Waals surface area contributed by atoms with Crippen molar-refractivity contribution in [3.05, 3.63) is 17.7 Å². The summed E-state index contributed by atoms with van der Waals surface area (Å²) in [5.74, 6) is 0.0285. The van der Waals surface area contributed by atoms with Gasteiger partial charge in [0.15, 0.2) is 9.84 Å². The zero-order chi connectivity index (χ0) is 16.6. The summed E-state index contributed by atoms with van der Waals surface area (Å²) in [6.07, 6.45) is 3.83. The van der Waals surface area contributed by atoms with E-state index in [1.54, 1.807) is 13.3 Å². The van der Waals surface area contributed by atoms with Gasteiger partial charge in [0.2, 0.25) is 5.91 Å². The van der Waals surface area contributed by atoms with Crippen LogP contribution in [-0.4, -0.2) is 59.4 Å². The van der Waals surface area contributed by atoms with Crippen LogP contribution in [0.4, 0.5) is 0 Å². The predicted octanol–water partition coefficient (Wildman–Crippen LogP) is 0.0326. The molecule has 1 saturated carbocycles. The molecule has 1 N–H and O–H groups in total. The summed E-state index contributed by atoms with van der Waals surface area (Å²) < 4.78 is 25.4. The van der Waals surface area contributed by atoms with Gasteiger partial charge in [0.25, 0.3) is 0 Å². The van der Waals surface area contributed by atoms with E-state index in [0.717, 1.165) is 24.2 Å². The van der Waals surface area contributed by atoms with E-state index in [4.69, 9.17) is 0 Å². The lowest BCUT2D eigenvalue weighted by molar-refractivity contribution is -0.123. The van der Waals surface area contributed by atoms with Gasteiger partial charge in [-0.3, -0.25) is 9.69 Å². The van der Waals surface area contributed by atoms with Crippen LogP contribution in [0.1, 0.15) is 37.1 Å². The van der Waals surface area contributed by atoms with Crippen molar-refractivity contribution >= 4 is 15.7 Å². The topological polar surface area (TPSA) is 84.3 Å². The SMILES string of the molecule is CCS(=O)(=O)CCN1Cc2ncn(C)c2C(C(=O)NC2CC2)C1. The van der Waals surface area contributed by atoms with Crippen molar-refractivity contribution in [2.45, 2.75) is 38.3 Å². The molecule has 1 aromatic rings. The number of aryl methyl sites for hydroxylation is 1. The summed E-state index contributed by atoms with van der Waals surface area (Å²) in [4.78, 5) is 19.0. The highest BCUT2D eigenvalue weighted by molar-refractivity contribution is 7.91. The van der Waals surface area contributed by atoms with Crippen LogP contribution in [0.3, 0.4) is 0 Å². The minimum absolute atomic E-state index is 0.0281. The van der Waals surface area contributed by atoms with Crippen molar-refractivity contribution in [2.24, 2.45) is 7.05 Å². The fourth-order valence-corrected chi connectivity index (χ4v) is 3.82. The third-order valence-electron chi connectivity index (χ3n) is 4.61. The maximum absolute atomic E-state index is 12.6. The summed E-state index contributed by atoms with van der Waals surface area (Å²) in [6.45, 7) is 3.25. The lowest BCUT2D eigenvalue weighted by Gasteiger charge is -2.32. The quantitative estimate of drug-likeness (QED) is 0.790. The van der Waals surface area contributed by atoms with Crippen molar-refractivity contribution in [2.75, 3.05) is 24.6 Å². The van der Waals surface area contributed by atoms with E-state index < -0.39 is 9.84 Å². The molecule has 0 aromatic carbocycles. The third kappa shape index (κ3) is 3.74. The molecule has 0 saturated heterocycles. The predicted molar refractivity (Wildman–Crippen MR) is 86.7 cm³/mol. The van der Waals surface area contributed by atoms with Crippen LogP contribution in [0, 0.1) is 0 Å². The Hall–Kier alpha value is -1.41. The second kappa shape index (κ2) is 6.24. The molecule has 23 heavy (non-hydrogen) atoms. The molecule has 3 rings (SSSR count). The highest BCUT2D eigenvalue weighted by atomic mass is 32.2. The Labute approximate surface area is 137 Å². The maximum Gasteiger partial charge on any atom is 0.230 e. The minimum Gasteiger partial charge on any atom is -0.353 e. The van der Waals surface area contributed by atoms with E-state index in [2.05, 4.69) is 10.3 Å². The molecule has 1 atom stereocenters.